The minimum Gasteiger partial charge on any atom is -0.480 e. The summed E-state index contributed by atoms with van der Waals surface area (Å²) in [5.74, 6) is -0.567. The number of rotatable bonds is 5. The molecule has 1 aliphatic rings. The summed E-state index contributed by atoms with van der Waals surface area (Å²) in [6.45, 7) is 1.59. The van der Waals surface area contributed by atoms with E-state index in [0.717, 1.165) is 12.8 Å². The van der Waals surface area contributed by atoms with Gasteiger partial charge in [0, 0.05) is 13.1 Å². The zero-order valence-corrected chi connectivity index (χ0v) is 9.21. The number of carbonyl (C=O) groups is 2. The maximum absolute atomic E-state index is 11.5. The van der Waals surface area contributed by atoms with Crippen molar-refractivity contribution in [2.75, 3.05) is 12.8 Å². The second-order valence-corrected chi connectivity index (χ2v) is 4.86. The third kappa shape index (κ3) is 3.21. The van der Waals surface area contributed by atoms with Crippen LogP contribution in [0.4, 0.5) is 0 Å². The molecule has 1 unspecified atom stereocenters. The van der Waals surface area contributed by atoms with Gasteiger partial charge < -0.3 is 10.0 Å². The number of carboxylic acid groups (broad SMARTS) is 1. The Morgan fingerprint density at radius 1 is 1.57 bits per heavy atom. The summed E-state index contributed by atoms with van der Waals surface area (Å²) in [4.78, 5) is 23.7. The highest BCUT2D eigenvalue weighted by Crippen LogP contribution is 2.26. The summed E-state index contributed by atoms with van der Waals surface area (Å²) in [7, 11) is 1.78. The lowest BCUT2D eigenvalue weighted by Crippen LogP contribution is -2.31. The lowest BCUT2D eigenvalue weighted by Gasteiger charge is -2.16. The summed E-state index contributed by atoms with van der Waals surface area (Å²) in [5, 5.41) is 8.10. The van der Waals surface area contributed by atoms with Crippen molar-refractivity contribution < 1.29 is 14.7 Å². The van der Waals surface area contributed by atoms with Gasteiger partial charge in [-0.3, -0.25) is 9.59 Å². The first-order chi connectivity index (χ1) is 6.52. The molecule has 80 valence electrons. The Balaban J connectivity index is 2.23. The van der Waals surface area contributed by atoms with E-state index in [0.29, 0.717) is 6.04 Å². The molecule has 0 spiro atoms. The van der Waals surface area contributed by atoms with E-state index < -0.39 is 11.2 Å². The fourth-order valence-electron chi connectivity index (χ4n) is 1.03. The largest absolute Gasteiger partial charge is 0.480 e. The van der Waals surface area contributed by atoms with Gasteiger partial charge in [0.25, 0.3) is 0 Å². The fraction of sp³-hybridized carbons (Fsp3) is 0.778. The van der Waals surface area contributed by atoms with E-state index in [9.17, 15) is 9.59 Å². The van der Waals surface area contributed by atoms with Crippen LogP contribution in [-0.4, -0.2) is 46.0 Å². The first-order valence-corrected chi connectivity index (χ1v) is 5.67. The highest BCUT2D eigenvalue weighted by molar-refractivity contribution is 8.01. The number of amides is 1. The standard InChI is InChI=1S/C9H15NO3S/c1-6(9(12)13)14-5-8(11)10(2)7-3-4-7/h6-7H,3-5H2,1-2H3,(H,12,13). The summed E-state index contributed by atoms with van der Waals surface area (Å²) in [6.07, 6.45) is 2.17. The van der Waals surface area contributed by atoms with E-state index in [1.165, 1.54) is 11.8 Å². The summed E-state index contributed by atoms with van der Waals surface area (Å²) < 4.78 is 0. The molecule has 1 N–H and O–H groups in total. The number of hydrogen-bond acceptors (Lipinski definition) is 3. The van der Waals surface area contributed by atoms with Gasteiger partial charge in [-0.25, -0.2) is 0 Å². The quantitative estimate of drug-likeness (QED) is 0.740. The van der Waals surface area contributed by atoms with Crippen molar-refractivity contribution >= 4 is 23.6 Å². The van der Waals surface area contributed by atoms with Crippen LogP contribution in [0.25, 0.3) is 0 Å². The molecule has 0 saturated heterocycles. The summed E-state index contributed by atoms with van der Waals surface area (Å²) >= 11 is 1.18. The molecule has 4 nitrogen and oxygen atoms in total. The number of nitrogens with zero attached hydrogens (tertiary/aromatic N) is 1. The van der Waals surface area contributed by atoms with E-state index in [1.54, 1.807) is 18.9 Å². The van der Waals surface area contributed by atoms with Crippen molar-refractivity contribution in [1.82, 2.24) is 4.90 Å². The molecule has 1 saturated carbocycles. The van der Waals surface area contributed by atoms with Crippen LogP contribution in [-0.2, 0) is 9.59 Å². The van der Waals surface area contributed by atoms with Crippen LogP contribution in [0.1, 0.15) is 19.8 Å². The van der Waals surface area contributed by atoms with Crippen LogP contribution >= 0.6 is 11.8 Å². The number of carbonyl (C=O) groups excluding carboxylic acids is 1. The molecule has 1 rings (SSSR count). The van der Waals surface area contributed by atoms with Crippen molar-refractivity contribution in [2.24, 2.45) is 0 Å². The predicted molar refractivity (Wildman–Crippen MR) is 55.3 cm³/mol. The first kappa shape index (κ1) is 11.4. The minimum atomic E-state index is -0.864. The van der Waals surface area contributed by atoms with Gasteiger partial charge >= 0.3 is 5.97 Å². The van der Waals surface area contributed by atoms with Gasteiger partial charge in [0.05, 0.1) is 11.0 Å². The van der Waals surface area contributed by atoms with Crippen LogP contribution in [0.5, 0.6) is 0 Å². The third-order valence-electron chi connectivity index (χ3n) is 2.29. The fourth-order valence-corrected chi connectivity index (χ4v) is 1.77. The van der Waals surface area contributed by atoms with Gasteiger partial charge in [0.1, 0.15) is 0 Å². The first-order valence-electron chi connectivity index (χ1n) is 4.62. The van der Waals surface area contributed by atoms with Gasteiger partial charge in [0.15, 0.2) is 0 Å². The van der Waals surface area contributed by atoms with Crippen LogP contribution in [0.2, 0.25) is 0 Å². The van der Waals surface area contributed by atoms with Crippen molar-refractivity contribution in [1.29, 1.82) is 0 Å². The van der Waals surface area contributed by atoms with Crippen molar-refractivity contribution in [3.63, 3.8) is 0 Å². The Labute approximate surface area is 87.7 Å². The Morgan fingerprint density at radius 3 is 2.57 bits per heavy atom. The topological polar surface area (TPSA) is 57.6 Å². The molecule has 0 aromatic carbocycles. The van der Waals surface area contributed by atoms with E-state index in [-0.39, 0.29) is 11.7 Å². The molecule has 14 heavy (non-hydrogen) atoms. The third-order valence-corrected chi connectivity index (χ3v) is 3.41. The predicted octanol–water partition coefficient (Wildman–Crippen LogP) is 0.813. The lowest BCUT2D eigenvalue weighted by molar-refractivity contribution is -0.136. The highest BCUT2D eigenvalue weighted by Gasteiger charge is 2.29. The van der Waals surface area contributed by atoms with Gasteiger partial charge in [-0.1, -0.05) is 0 Å². The van der Waals surface area contributed by atoms with E-state index >= 15 is 0 Å². The van der Waals surface area contributed by atoms with Crippen LogP contribution in [0, 0.1) is 0 Å². The highest BCUT2D eigenvalue weighted by atomic mass is 32.2. The SMILES string of the molecule is CC(SCC(=O)N(C)C1CC1)C(=O)O. The zero-order valence-electron chi connectivity index (χ0n) is 8.40. The smallest absolute Gasteiger partial charge is 0.316 e. The Kier molecular flexibility index (Phi) is 3.80. The average molecular weight is 217 g/mol. The van der Waals surface area contributed by atoms with Crippen LogP contribution in [0.15, 0.2) is 0 Å². The van der Waals surface area contributed by atoms with Crippen LogP contribution in [0.3, 0.4) is 0 Å². The molecule has 0 aromatic rings. The molecular formula is C9H15NO3S. The molecule has 0 aliphatic heterocycles. The van der Waals surface area contributed by atoms with Gasteiger partial charge in [0.2, 0.25) is 5.91 Å². The zero-order chi connectivity index (χ0) is 10.7. The van der Waals surface area contributed by atoms with Crippen molar-refractivity contribution in [2.45, 2.75) is 31.1 Å². The maximum atomic E-state index is 11.5. The molecule has 1 amide bonds. The molecule has 0 radical (unpaired) electrons. The number of carboxylic acids is 1. The van der Waals surface area contributed by atoms with Gasteiger partial charge in [-0.15, -0.1) is 11.8 Å². The molecule has 5 heteroatoms. The number of aliphatic carboxylic acids is 1. The van der Waals surface area contributed by atoms with Crippen molar-refractivity contribution in [3.8, 4) is 0 Å². The summed E-state index contributed by atoms with van der Waals surface area (Å²) in [5.41, 5.74) is 0. The minimum absolute atomic E-state index is 0.0330. The molecule has 1 aliphatic carbocycles. The second-order valence-electron chi connectivity index (χ2n) is 3.53. The van der Waals surface area contributed by atoms with Gasteiger partial charge in [-0.2, -0.15) is 0 Å². The normalized spacial score (nSPS) is 17.6. The Hall–Kier alpha value is -0.710. The van der Waals surface area contributed by atoms with Crippen molar-refractivity contribution in [3.05, 3.63) is 0 Å². The summed E-state index contributed by atoms with van der Waals surface area (Å²) in [6, 6.07) is 0.406. The van der Waals surface area contributed by atoms with E-state index in [1.807, 2.05) is 0 Å². The molecular weight excluding hydrogens is 202 g/mol. The van der Waals surface area contributed by atoms with E-state index in [4.69, 9.17) is 5.11 Å². The second kappa shape index (κ2) is 4.68. The number of thioether (sulfide) groups is 1. The molecule has 1 fully saturated rings. The average Bonchev–Trinajstić information content (AvgIpc) is 2.95. The Bertz CT molecular complexity index is 240. The molecule has 0 bridgehead atoms. The molecule has 1 atom stereocenters. The number of hydrogen-bond donors (Lipinski definition) is 1. The van der Waals surface area contributed by atoms with E-state index in [2.05, 4.69) is 0 Å². The molecule has 0 aromatic heterocycles. The van der Waals surface area contributed by atoms with Gasteiger partial charge in [-0.05, 0) is 19.8 Å². The molecule has 0 heterocycles. The maximum Gasteiger partial charge on any atom is 0.316 e. The monoisotopic (exact) mass is 217 g/mol. The Morgan fingerprint density at radius 2 is 2.14 bits per heavy atom. The lowest BCUT2D eigenvalue weighted by atomic mass is 10.5. The van der Waals surface area contributed by atoms with Crippen LogP contribution < -0.4 is 0 Å².